The van der Waals surface area contributed by atoms with Crippen LogP contribution in [-0.4, -0.2) is 38.9 Å². The number of halogens is 3. The van der Waals surface area contributed by atoms with Gasteiger partial charge in [0.2, 0.25) is 10.0 Å². The Morgan fingerprint density at radius 2 is 2.00 bits per heavy atom. The first kappa shape index (κ1) is 17.0. The highest BCUT2D eigenvalue weighted by Gasteiger charge is 2.31. The van der Waals surface area contributed by atoms with Crippen LogP contribution in [0.3, 0.4) is 0 Å². The Morgan fingerprint density at radius 3 is 2.45 bits per heavy atom. The highest BCUT2D eigenvalue weighted by Crippen LogP contribution is 2.28. The lowest BCUT2D eigenvalue weighted by molar-refractivity contribution is -0.140. The Hall–Kier alpha value is -1.06. The number of likely N-dealkylation sites (N-methyl/N-ethyl adjacent to an activating group) is 1. The normalized spacial score (nSPS) is 11.7. The zero-order chi connectivity index (χ0) is 15.5. The molecule has 0 spiro atoms. The van der Waals surface area contributed by atoms with E-state index in [4.69, 9.17) is 0 Å². The molecule has 0 amide bonds. The van der Waals surface area contributed by atoms with Gasteiger partial charge in [-0.2, -0.15) is 4.31 Å². The molecule has 0 fully saturated rings. The predicted molar refractivity (Wildman–Crippen MR) is 70.5 cm³/mol. The summed E-state index contributed by atoms with van der Waals surface area (Å²) in [6.45, 7) is 0.856. The fraction of sp³-hybridized carbons (Fsp3) is 0.364. The van der Waals surface area contributed by atoms with Gasteiger partial charge >= 0.3 is 5.97 Å². The minimum atomic E-state index is -4.29. The molecule has 0 bridgehead atoms. The van der Waals surface area contributed by atoms with Crippen molar-refractivity contribution in [3.63, 3.8) is 0 Å². The summed E-state index contributed by atoms with van der Waals surface area (Å²) in [5.41, 5.74) is 0. The van der Waals surface area contributed by atoms with Crippen LogP contribution in [0.15, 0.2) is 21.5 Å². The Morgan fingerprint density at radius 1 is 1.40 bits per heavy atom. The van der Waals surface area contributed by atoms with Gasteiger partial charge in [-0.3, -0.25) is 4.79 Å². The van der Waals surface area contributed by atoms with Crippen LogP contribution in [0.4, 0.5) is 8.78 Å². The molecule has 1 aromatic carbocycles. The summed E-state index contributed by atoms with van der Waals surface area (Å²) in [6.07, 6.45) is 0. The molecule has 0 saturated heterocycles. The van der Waals surface area contributed by atoms with Gasteiger partial charge in [0.15, 0.2) is 0 Å². The third-order valence-electron chi connectivity index (χ3n) is 2.45. The third kappa shape index (κ3) is 3.53. The molecule has 0 radical (unpaired) electrons. The van der Waals surface area contributed by atoms with Crippen LogP contribution in [0.2, 0.25) is 0 Å². The van der Waals surface area contributed by atoms with Gasteiger partial charge in [-0.15, -0.1) is 0 Å². The molecule has 0 atom stereocenters. The van der Waals surface area contributed by atoms with E-state index >= 15 is 0 Å². The van der Waals surface area contributed by atoms with E-state index in [9.17, 15) is 22.0 Å². The van der Waals surface area contributed by atoms with Crippen molar-refractivity contribution in [3.8, 4) is 0 Å². The quantitative estimate of drug-likeness (QED) is 0.741. The van der Waals surface area contributed by atoms with E-state index in [1.54, 1.807) is 0 Å². The summed E-state index contributed by atoms with van der Waals surface area (Å²) >= 11 is 2.81. The molecule has 1 rings (SSSR count). The first-order valence-corrected chi connectivity index (χ1v) is 7.68. The fourth-order valence-electron chi connectivity index (χ4n) is 1.48. The number of ether oxygens (including phenoxy) is 1. The van der Waals surface area contributed by atoms with Gasteiger partial charge in [0, 0.05) is 17.1 Å². The second kappa shape index (κ2) is 6.59. The molecular formula is C11H12BrF2NO4S. The van der Waals surface area contributed by atoms with Crippen molar-refractivity contribution < 1.29 is 26.7 Å². The Labute approximate surface area is 123 Å². The Kier molecular flexibility index (Phi) is 5.60. The minimum absolute atomic E-state index is 0.0688. The largest absolute Gasteiger partial charge is 0.468 e. The van der Waals surface area contributed by atoms with E-state index in [0.29, 0.717) is 6.07 Å². The molecule has 112 valence electrons. The van der Waals surface area contributed by atoms with Gasteiger partial charge in [-0.25, -0.2) is 17.2 Å². The number of rotatable bonds is 5. The van der Waals surface area contributed by atoms with Crippen molar-refractivity contribution in [3.05, 3.63) is 28.2 Å². The number of hydrogen-bond donors (Lipinski definition) is 0. The zero-order valence-electron chi connectivity index (χ0n) is 10.7. The second-order valence-corrected chi connectivity index (χ2v) is 6.44. The van der Waals surface area contributed by atoms with E-state index < -0.39 is 39.1 Å². The number of sulfonamides is 1. The molecule has 5 nitrogen and oxygen atoms in total. The van der Waals surface area contributed by atoms with Crippen molar-refractivity contribution >= 4 is 31.9 Å². The summed E-state index contributed by atoms with van der Waals surface area (Å²) in [4.78, 5) is 10.5. The molecule has 0 aromatic heterocycles. The first-order valence-electron chi connectivity index (χ1n) is 5.45. The lowest BCUT2D eigenvalue weighted by atomic mass is 10.3. The number of benzene rings is 1. The molecule has 0 unspecified atom stereocenters. The standard InChI is InChI=1S/C11H12BrF2NO4S/c1-3-15(6-10(16)19-2)20(17,18)11-8(12)4-7(13)5-9(11)14/h4-5H,3,6H2,1-2H3. The van der Waals surface area contributed by atoms with Crippen molar-refractivity contribution in [2.75, 3.05) is 20.2 Å². The van der Waals surface area contributed by atoms with E-state index in [2.05, 4.69) is 20.7 Å². The topological polar surface area (TPSA) is 63.7 Å². The van der Waals surface area contributed by atoms with Crippen LogP contribution in [0.5, 0.6) is 0 Å². The SMILES string of the molecule is CCN(CC(=O)OC)S(=O)(=O)c1c(F)cc(F)cc1Br. The average molecular weight is 372 g/mol. The maximum Gasteiger partial charge on any atom is 0.321 e. The molecule has 20 heavy (non-hydrogen) atoms. The van der Waals surface area contributed by atoms with Crippen LogP contribution in [0.25, 0.3) is 0 Å². The first-order chi connectivity index (χ1) is 9.23. The molecule has 0 aliphatic heterocycles. The summed E-state index contributed by atoms with van der Waals surface area (Å²) < 4.78 is 56.2. The van der Waals surface area contributed by atoms with Crippen LogP contribution in [0.1, 0.15) is 6.92 Å². The number of methoxy groups -OCH3 is 1. The average Bonchev–Trinajstić information content (AvgIpc) is 2.33. The highest BCUT2D eigenvalue weighted by molar-refractivity contribution is 9.10. The molecular weight excluding hydrogens is 360 g/mol. The van der Waals surface area contributed by atoms with Crippen molar-refractivity contribution in [2.45, 2.75) is 11.8 Å². The second-order valence-electron chi connectivity index (χ2n) is 3.71. The van der Waals surface area contributed by atoms with Crippen molar-refractivity contribution in [1.29, 1.82) is 0 Å². The van der Waals surface area contributed by atoms with Crippen LogP contribution in [-0.2, 0) is 19.6 Å². The van der Waals surface area contributed by atoms with E-state index in [0.717, 1.165) is 17.5 Å². The highest BCUT2D eigenvalue weighted by atomic mass is 79.9. The smallest absolute Gasteiger partial charge is 0.321 e. The van der Waals surface area contributed by atoms with Crippen molar-refractivity contribution in [1.82, 2.24) is 4.31 Å². The maximum atomic E-state index is 13.7. The summed E-state index contributed by atoms with van der Waals surface area (Å²) in [6, 6.07) is 1.30. The summed E-state index contributed by atoms with van der Waals surface area (Å²) in [5, 5.41) is 0. The van der Waals surface area contributed by atoms with Crippen LogP contribution in [0, 0.1) is 11.6 Å². The number of carbonyl (C=O) groups excluding carboxylic acids is 1. The van der Waals surface area contributed by atoms with Gasteiger partial charge < -0.3 is 4.74 Å². The fourth-order valence-corrected chi connectivity index (χ4v) is 3.99. The summed E-state index contributed by atoms with van der Waals surface area (Å²) in [7, 11) is -3.18. The van der Waals surface area contributed by atoms with Gasteiger partial charge in [0.05, 0.1) is 7.11 Å². The zero-order valence-corrected chi connectivity index (χ0v) is 13.1. The van der Waals surface area contributed by atoms with E-state index in [-0.39, 0.29) is 11.0 Å². The Balaban J connectivity index is 3.31. The monoisotopic (exact) mass is 371 g/mol. The van der Waals surface area contributed by atoms with Gasteiger partial charge in [-0.05, 0) is 22.0 Å². The summed E-state index contributed by atoms with van der Waals surface area (Å²) in [5.74, 6) is -2.93. The number of carbonyl (C=O) groups is 1. The van der Waals surface area contributed by atoms with E-state index in [1.165, 1.54) is 6.92 Å². The molecule has 0 heterocycles. The van der Waals surface area contributed by atoms with Gasteiger partial charge in [-0.1, -0.05) is 6.92 Å². The molecule has 0 N–H and O–H groups in total. The molecule has 0 aliphatic carbocycles. The lowest BCUT2D eigenvalue weighted by Crippen LogP contribution is -2.36. The third-order valence-corrected chi connectivity index (χ3v) is 5.33. The minimum Gasteiger partial charge on any atom is -0.468 e. The van der Waals surface area contributed by atoms with Crippen LogP contribution < -0.4 is 0 Å². The van der Waals surface area contributed by atoms with Crippen LogP contribution >= 0.6 is 15.9 Å². The van der Waals surface area contributed by atoms with Gasteiger partial charge in [0.25, 0.3) is 0 Å². The molecule has 9 heteroatoms. The Bertz CT molecular complexity index is 598. The maximum absolute atomic E-state index is 13.7. The molecule has 1 aromatic rings. The van der Waals surface area contributed by atoms with E-state index in [1.807, 2.05) is 0 Å². The molecule has 0 aliphatic rings. The van der Waals surface area contributed by atoms with Crippen molar-refractivity contribution in [2.24, 2.45) is 0 Å². The number of nitrogens with zero attached hydrogens (tertiary/aromatic N) is 1. The van der Waals surface area contributed by atoms with Gasteiger partial charge in [0.1, 0.15) is 23.1 Å². The number of hydrogen-bond acceptors (Lipinski definition) is 4. The predicted octanol–water partition coefficient (Wildman–Crippen LogP) is 1.91. The lowest BCUT2D eigenvalue weighted by Gasteiger charge is -2.20. The number of esters is 1. The molecule has 0 saturated carbocycles.